The van der Waals surface area contributed by atoms with Crippen LogP contribution in [0.25, 0.3) is 0 Å². The van der Waals surface area contributed by atoms with E-state index in [0.29, 0.717) is 23.6 Å². The number of hydrogen-bond donors (Lipinski definition) is 2. The standard InChI is InChI=1S/C17H16N6O5/c24-15(19-3-4-22-9-18-8-21-22)12-6-20-17(26)23(16(12)25)7-11-1-2-13-14(5-11)28-10-27-13/h1-2,5-6,8-9H,3-4,7,10H2,(H,19,24)(H,20,26). The minimum absolute atomic E-state index is 0.00904. The van der Waals surface area contributed by atoms with Crippen molar-refractivity contribution in [1.29, 1.82) is 0 Å². The highest BCUT2D eigenvalue weighted by molar-refractivity contribution is 5.93. The van der Waals surface area contributed by atoms with Gasteiger partial charge in [0.1, 0.15) is 18.2 Å². The summed E-state index contributed by atoms with van der Waals surface area (Å²) in [7, 11) is 0. The van der Waals surface area contributed by atoms with Crippen LogP contribution in [0.15, 0.2) is 46.6 Å². The summed E-state index contributed by atoms with van der Waals surface area (Å²) in [6.45, 7) is 0.776. The molecule has 0 atom stereocenters. The molecule has 0 bridgehead atoms. The third kappa shape index (κ3) is 3.49. The van der Waals surface area contributed by atoms with Gasteiger partial charge in [0.15, 0.2) is 11.5 Å². The first-order valence-corrected chi connectivity index (χ1v) is 8.43. The van der Waals surface area contributed by atoms with Gasteiger partial charge in [-0.05, 0) is 17.7 Å². The first-order valence-electron chi connectivity index (χ1n) is 8.43. The number of benzene rings is 1. The molecule has 2 N–H and O–H groups in total. The SMILES string of the molecule is O=C(NCCn1cncn1)c1c[nH]c(=O)n(Cc2ccc3c(c2)OCO3)c1=O. The van der Waals surface area contributed by atoms with Gasteiger partial charge in [0.25, 0.3) is 11.5 Å². The fourth-order valence-electron chi connectivity index (χ4n) is 2.77. The summed E-state index contributed by atoms with van der Waals surface area (Å²) in [6.07, 6.45) is 4.02. The van der Waals surface area contributed by atoms with E-state index in [2.05, 4.69) is 20.4 Å². The summed E-state index contributed by atoms with van der Waals surface area (Å²) in [6, 6.07) is 5.13. The van der Waals surface area contributed by atoms with Gasteiger partial charge in [-0.2, -0.15) is 5.10 Å². The maximum Gasteiger partial charge on any atom is 0.328 e. The number of hydrogen-bond acceptors (Lipinski definition) is 7. The number of aromatic amines is 1. The Balaban J connectivity index is 1.51. The molecule has 2 aromatic heterocycles. The molecule has 1 aromatic carbocycles. The molecule has 0 spiro atoms. The van der Waals surface area contributed by atoms with E-state index in [0.717, 1.165) is 10.8 Å². The van der Waals surface area contributed by atoms with Crippen molar-refractivity contribution < 1.29 is 14.3 Å². The van der Waals surface area contributed by atoms with Gasteiger partial charge >= 0.3 is 5.69 Å². The molecule has 11 heteroatoms. The molecule has 1 amide bonds. The molecule has 144 valence electrons. The summed E-state index contributed by atoms with van der Waals surface area (Å²) >= 11 is 0. The minimum Gasteiger partial charge on any atom is -0.454 e. The number of rotatable bonds is 6. The number of carbonyl (C=O) groups excluding carboxylic acids is 1. The van der Waals surface area contributed by atoms with Crippen molar-refractivity contribution in [3.63, 3.8) is 0 Å². The number of H-pyrrole nitrogens is 1. The van der Waals surface area contributed by atoms with E-state index >= 15 is 0 Å². The van der Waals surface area contributed by atoms with Crippen LogP contribution >= 0.6 is 0 Å². The van der Waals surface area contributed by atoms with Gasteiger partial charge in [0, 0.05) is 12.7 Å². The van der Waals surface area contributed by atoms with Gasteiger partial charge in [0.2, 0.25) is 6.79 Å². The van der Waals surface area contributed by atoms with Crippen LogP contribution in [0.1, 0.15) is 15.9 Å². The summed E-state index contributed by atoms with van der Waals surface area (Å²) in [4.78, 5) is 43.4. The second kappa shape index (κ2) is 7.39. The van der Waals surface area contributed by atoms with Crippen LogP contribution in [0.5, 0.6) is 11.5 Å². The topological polar surface area (TPSA) is 133 Å². The number of ether oxygens (including phenoxy) is 2. The van der Waals surface area contributed by atoms with Crippen LogP contribution in [0.2, 0.25) is 0 Å². The first-order chi connectivity index (χ1) is 13.6. The highest BCUT2D eigenvalue weighted by atomic mass is 16.7. The molecule has 0 unspecified atom stereocenters. The maximum atomic E-state index is 12.7. The largest absolute Gasteiger partial charge is 0.454 e. The predicted molar refractivity (Wildman–Crippen MR) is 95.3 cm³/mol. The zero-order chi connectivity index (χ0) is 19.5. The van der Waals surface area contributed by atoms with Crippen molar-refractivity contribution in [2.24, 2.45) is 0 Å². The molecule has 0 aliphatic carbocycles. The lowest BCUT2D eigenvalue weighted by atomic mass is 10.2. The Labute approximate surface area is 157 Å². The average Bonchev–Trinajstić information content (AvgIpc) is 3.36. The van der Waals surface area contributed by atoms with Crippen LogP contribution < -0.4 is 26.0 Å². The van der Waals surface area contributed by atoms with Crippen molar-refractivity contribution in [2.75, 3.05) is 13.3 Å². The van der Waals surface area contributed by atoms with E-state index in [1.54, 1.807) is 22.9 Å². The zero-order valence-corrected chi connectivity index (χ0v) is 14.6. The second-order valence-corrected chi connectivity index (χ2v) is 6.00. The molecular weight excluding hydrogens is 368 g/mol. The van der Waals surface area contributed by atoms with Crippen molar-refractivity contribution in [3.05, 3.63) is 69.0 Å². The molecule has 0 fully saturated rings. The highest BCUT2D eigenvalue weighted by Crippen LogP contribution is 2.32. The number of carbonyl (C=O) groups is 1. The van der Waals surface area contributed by atoms with E-state index in [1.807, 2.05) is 0 Å². The fourth-order valence-corrected chi connectivity index (χ4v) is 2.77. The quantitative estimate of drug-likeness (QED) is 0.576. The Bertz CT molecular complexity index is 1120. The number of aromatic nitrogens is 5. The predicted octanol–water partition coefficient (Wildman–Crippen LogP) is -0.665. The lowest BCUT2D eigenvalue weighted by Crippen LogP contribution is -2.41. The van der Waals surface area contributed by atoms with Crippen molar-refractivity contribution in [1.82, 2.24) is 29.6 Å². The lowest BCUT2D eigenvalue weighted by Gasteiger charge is -2.09. The van der Waals surface area contributed by atoms with Crippen LogP contribution in [0, 0.1) is 0 Å². The molecule has 1 aliphatic heterocycles. The fraction of sp³-hybridized carbons (Fsp3) is 0.235. The van der Waals surface area contributed by atoms with Gasteiger partial charge in [-0.25, -0.2) is 9.78 Å². The Morgan fingerprint density at radius 3 is 2.93 bits per heavy atom. The number of fused-ring (bicyclic) bond motifs is 1. The zero-order valence-electron chi connectivity index (χ0n) is 14.6. The average molecular weight is 384 g/mol. The highest BCUT2D eigenvalue weighted by Gasteiger charge is 2.17. The molecule has 0 radical (unpaired) electrons. The van der Waals surface area contributed by atoms with E-state index in [9.17, 15) is 14.4 Å². The molecule has 0 saturated heterocycles. The number of amides is 1. The van der Waals surface area contributed by atoms with Crippen molar-refractivity contribution in [3.8, 4) is 11.5 Å². The van der Waals surface area contributed by atoms with E-state index in [-0.39, 0.29) is 25.4 Å². The molecule has 11 nitrogen and oxygen atoms in total. The van der Waals surface area contributed by atoms with Gasteiger partial charge in [-0.15, -0.1) is 0 Å². The van der Waals surface area contributed by atoms with E-state index in [4.69, 9.17) is 9.47 Å². The monoisotopic (exact) mass is 384 g/mol. The molecule has 3 heterocycles. The molecule has 3 aromatic rings. The van der Waals surface area contributed by atoms with Crippen molar-refractivity contribution >= 4 is 5.91 Å². The summed E-state index contributed by atoms with van der Waals surface area (Å²) in [5, 5.41) is 6.55. The molecule has 4 rings (SSSR count). The second-order valence-electron chi connectivity index (χ2n) is 6.00. The Morgan fingerprint density at radius 1 is 1.25 bits per heavy atom. The van der Waals surface area contributed by atoms with Gasteiger partial charge < -0.3 is 19.8 Å². The van der Waals surface area contributed by atoms with Gasteiger partial charge in [0.05, 0.1) is 13.1 Å². The summed E-state index contributed by atoms with van der Waals surface area (Å²) in [5.41, 5.74) is -0.777. The van der Waals surface area contributed by atoms with Crippen LogP contribution in [0.4, 0.5) is 0 Å². The molecule has 28 heavy (non-hydrogen) atoms. The molecule has 1 aliphatic rings. The Hall–Kier alpha value is -3.89. The van der Waals surface area contributed by atoms with Crippen LogP contribution in [0.3, 0.4) is 0 Å². The Morgan fingerprint density at radius 2 is 2.11 bits per heavy atom. The normalized spacial score (nSPS) is 12.1. The third-order valence-electron chi connectivity index (χ3n) is 4.18. The van der Waals surface area contributed by atoms with E-state index in [1.165, 1.54) is 12.7 Å². The molecule has 0 saturated carbocycles. The van der Waals surface area contributed by atoms with Gasteiger partial charge in [-0.1, -0.05) is 6.07 Å². The molecular formula is C17H16N6O5. The Kier molecular flexibility index (Phi) is 4.62. The maximum absolute atomic E-state index is 12.7. The third-order valence-corrected chi connectivity index (χ3v) is 4.18. The summed E-state index contributed by atoms with van der Waals surface area (Å²) < 4.78 is 13.1. The van der Waals surface area contributed by atoms with Crippen LogP contribution in [-0.2, 0) is 13.1 Å². The summed E-state index contributed by atoms with van der Waals surface area (Å²) in [5.74, 6) is 0.565. The minimum atomic E-state index is -0.681. The smallest absolute Gasteiger partial charge is 0.328 e. The number of nitrogens with one attached hydrogen (secondary N) is 2. The van der Waals surface area contributed by atoms with Gasteiger partial charge in [-0.3, -0.25) is 18.8 Å². The number of nitrogens with zero attached hydrogens (tertiary/aromatic N) is 4. The van der Waals surface area contributed by atoms with Crippen molar-refractivity contribution in [2.45, 2.75) is 13.1 Å². The lowest BCUT2D eigenvalue weighted by molar-refractivity contribution is 0.0949. The first kappa shape index (κ1) is 17.5. The van der Waals surface area contributed by atoms with Crippen LogP contribution in [-0.4, -0.2) is 43.6 Å². The van der Waals surface area contributed by atoms with E-state index < -0.39 is 17.2 Å².